The lowest BCUT2D eigenvalue weighted by Gasteiger charge is -2.38. The maximum Gasteiger partial charge on any atom is 0.304 e. The highest BCUT2D eigenvalue weighted by atomic mass is 35.5. The number of hydrogen-bond acceptors (Lipinski definition) is 4. The van der Waals surface area contributed by atoms with E-state index in [4.69, 9.17) is 37.8 Å². The van der Waals surface area contributed by atoms with Crippen LogP contribution in [-0.2, 0) is 16.8 Å². The van der Waals surface area contributed by atoms with Gasteiger partial charge in [0.15, 0.2) is 11.5 Å². The van der Waals surface area contributed by atoms with E-state index >= 15 is 4.39 Å². The highest BCUT2D eigenvalue weighted by Gasteiger charge is 2.44. The summed E-state index contributed by atoms with van der Waals surface area (Å²) in [6.45, 7) is 2.54. The molecule has 9 heteroatoms. The fraction of sp³-hybridized carbons (Fsp3) is 0.409. The number of hydrogen-bond donors (Lipinski definition) is 1. The summed E-state index contributed by atoms with van der Waals surface area (Å²) in [6.07, 6.45) is 1.73. The summed E-state index contributed by atoms with van der Waals surface area (Å²) < 4.78 is 26.6. The number of halogens is 4. The minimum absolute atomic E-state index is 0. The Morgan fingerprint density at radius 2 is 1.87 bits per heavy atom. The number of carbonyl (C=O) groups is 1. The van der Waals surface area contributed by atoms with Crippen molar-refractivity contribution in [3.8, 4) is 11.5 Å². The third kappa shape index (κ3) is 4.87. The van der Waals surface area contributed by atoms with Crippen LogP contribution in [0.4, 0.5) is 4.39 Å². The van der Waals surface area contributed by atoms with E-state index in [-0.39, 0.29) is 42.3 Å². The molecule has 0 atom stereocenters. The Labute approximate surface area is 196 Å². The van der Waals surface area contributed by atoms with Gasteiger partial charge in [0, 0.05) is 33.1 Å². The molecule has 0 aliphatic carbocycles. The van der Waals surface area contributed by atoms with Gasteiger partial charge in [-0.05, 0) is 44.1 Å². The third-order valence-electron chi connectivity index (χ3n) is 6.01. The Balaban J connectivity index is 0.00000272. The summed E-state index contributed by atoms with van der Waals surface area (Å²) in [7, 11) is 0. The average Bonchev–Trinajstić information content (AvgIpc) is 3.07. The van der Waals surface area contributed by atoms with Gasteiger partial charge in [0.25, 0.3) is 0 Å². The molecule has 0 amide bonds. The van der Waals surface area contributed by atoms with Crippen molar-refractivity contribution in [3.05, 3.63) is 57.3 Å². The first kappa shape index (κ1) is 23.9. The molecule has 2 aromatic rings. The molecule has 5 nitrogen and oxygen atoms in total. The molecule has 2 aliphatic rings. The van der Waals surface area contributed by atoms with Crippen molar-refractivity contribution in [2.45, 2.75) is 31.3 Å². The lowest BCUT2D eigenvalue weighted by atomic mass is 9.74. The van der Waals surface area contributed by atoms with Crippen LogP contribution in [0.25, 0.3) is 0 Å². The molecule has 2 aliphatic heterocycles. The summed E-state index contributed by atoms with van der Waals surface area (Å²) in [5.41, 5.74) is 1.23. The number of likely N-dealkylation sites (tertiary alicyclic amines) is 1. The molecule has 0 unspecified atom stereocenters. The van der Waals surface area contributed by atoms with Gasteiger partial charge in [0.1, 0.15) is 6.61 Å². The maximum atomic E-state index is 15.1. The second-order valence-corrected chi connectivity index (χ2v) is 8.61. The molecule has 4 rings (SSSR count). The highest BCUT2D eigenvalue weighted by Crippen LogP contribution is 2.48. The minimum atomic E-state index is -0.794. The molecule has 0 aromatic heterocycles. The molecule has 0 bridgehead atoms. The average molecular weight is 491 g/mol. The Hall–Kier alpha value is -1.73. The molecule has 0 saturated carbocycles. The fourth-order valence-electron chi connectivity index (χ4n) is 4.19. The lowest BCUT2D eigenvalue weighted by Crippen LogP contribution is -2.44. The molecule has 1 N–H and O–H groups in total. The third-order valence-corrected chi connectivity index (χ3v) is 6.72. The zero-order valence-corrected chi connectivity index (χ0v) is 19.0. The molecular formula is C22H23Cl3FNO4. The molecule has 2 aromatic carbocycles. The Morgan fingerprint density at radius 3 is 2.52 bits per heavy atom. The van der Waals surface area contributed by atoms with Crippen LogP contribution < -0.4 is 9.47 Å². The largest absolute Gasteiger partial charge is 0.489 e. The van der Waals surface area contributed by atoms with Gasteiger partial charge in [-0.25, -0.2) is 0 Å². The molecule has 1 fully saturated rings. The number of fused-ring (bicyclic) bond motifs is 2. The van der Waals surface area contributed by atoms with Gasteiger partial charge >= 0.3 is 5.97 Å². The van der Waals surface area contributed by atoms with E-state index in [0.717, 1.165) is 31.5 Å². The zero-order valence-electron chi connectivity index (χ0n) is 16.7. The van der Waals surface area contributed by atoms with Crippen molar-refractivity contribution in [1.82, 2.24) is 4.90 Å². The van der Waals surface area contributed by atoms with Gasteiger partial charge in [-0.2, -0.15) is 4.39 Å². The number of rotatable bonds is 6. The van der Waals surface area contributed by atoms with Crippen LogP contribution in [0.2, 0.25) is 10.0 Å². The summed E-state index contributed by atoms with van der Waals surface area (Å²) in [5, 5.41) is 9.80. The van der Waals surface area contributed by atoms with E-state index in [2.05, 4.69) is 4.90 Å². The topological polar surface area (TPSA) is 59.0 Å². The monoisotopic (exact) mass is 489 g/mol. The van der Waals surface area contributed by atoms with E-state index in [1.54, 1.807) is 24.3 Å². The van der Waals surface area contributed by atoms with Gasteiger partial charge in [-0.3, -0.25) is 4.79 Å². The number of carboxylic acid groups (broad SMARTS) is 1. The zero-order chi connectivity index (χ0) is 21.3. The van der Waals surface area contributed by atoms with Gasteiger partial charge in [-0.15, -0.1) is 12.4 Å². The van der Waals surface area contributed by atoms with E-state index in [0.29, 0.717) is 28.8 Å². The normalized spacial score (nSPS) is 17.0. The van der Waals surface area contributed by atoms with Gasteiger partial charge in [0.05, 0.1) is 13.0 Å². The second kappa shape index (κ2) is 9.82. The molecule has 1 saturated heterocycles. The van der Waals surface area contributed by atoms with Crippen molar-refractivity contribution in [2.75, 3.05) is 26.2 Å². The maximum absolute atomic E-state index is 15.1. The summed E-state index contributed by atoms with van der Waals surface area (Å²) in [4.78, 5) is 12.9. The number of carboxylic acids is 1. The first-order valence-electron chi connectivity index (χ1n) is 9.85. The number of aliphatic carboxylic acids is 1. The summed E-state index contributed by atoms with van der Waals surface area (Å²) in [5.74, 6) is -0.962. The first-order chi connectivity index (χ1) is 14.4. The predicted octanol–water partition coefficient (Wildman–Crippen LogP) is 5.33. The molecule has 168 valence electrons. The van der Waals surface area contributed by atoms with E-state index in [1.807, 2.05) is 6.07 Å². The van der Waals surface area contributed by atoms with Gasteiger partial charge in [-0.1, -0.05) is 35.3 Å². The van der Waals surface area contributed by atoms with Gasteiger partial charge in [0.2, 0.25) is 5.82 Å². The lowest BCUT2D eigenvalue weighted by molar-refractivity contribution is -0.137. The number of nitrogens with zero attached hydrogens (tertiary/aromatic N) is 1. The Morgan fingerprint density at radius 1 is 1.19 bits per heavy atom. The van der Waals surface area contributed by atoms with Crippen LogP contribution in [-0.4, -0.2) is 42.2 Å². The minimum Gasteiger partial charge on any atom is -0.489 e. The fourth-order valence-corrected chi connectivity index (χ4v) is 4.70. The van der Waals surface area contributed by atoms with Crippen LogP contribution in [0.3, 0.4) is 0 Å². The predicted molar refractivity (Wildman–Crippen MR) is 120 cm³/mol. The number of piperidine rings is 1. The van der Waals surface area contributed by atoms with Crippen molar-refractivity contribution in [3.63, 3.8) is 0 Å². The van der Waals surface area contributed by atoms with Crippen molar-refractivity contribution in [1.29, 1.82) is 0 Å². The summed E-state index contributed by atoms with van der Waals surface area (Å²) >= 11 is 12.3. The molecule has 1 spiro atoms. The highest BCUT2D eigenvalue weighted by molar-refractivity contribution is 6.35. The van der Waals surface area contributed by atoms with Crippen molar-refractivity contribution < 1.29 is 23.8 Å². The quantitative estimate of drug-likeness (QED) is 0.593. The smallest absolute Gasteiger partial charge is 0.304 e. The SMILES string of the molecule is Cl.O=C(O)CCN1CCC2(CC1)COc1c2ccc(OCc2c(Cl)cccc2Cl)c1F. The Bertz CT molecular complexity index is 944. The standard InChI is InChI=1S/C22H22Cl2FNO4.ClH/c23-16-2-1-3-17(24)14(16)12-29-18-5-4-15-21(20(18)25)30-13-22(15)7-10-26(11-8-22)9-6-19(27)28;/h1-5H,6-13H2,(H,27,28);1H. The second-order valence-electron chi connectivity index (χ2n) is 7.80. The van der Waals surface area contributed by atoms with Crippen LogP contribution in [0.15, 0.2) is 30.3 Å². The summed E-state index contributed by atoms with van der Waals surface area (Å²) in [6, 6.07) is 8.67. The molecule has 2 heterocycles. The first-order valence-corrected chi connectivity index (χ1v) is 10.6. The van der Waals surface area contributed by atoms with Gasteiger partial charge < -0.3 is 19.5 Å². The van der Waals surface area contributed by atoms with Crippen LogP contribution in [0.1, 0.15) is 30.4 Å². The van der Waals surface area contributed by atoms with Crippen molar-refractivity contribution in [2.24, 2.45) is 0 Å². The molecular weight excluding hydrogens is 468 g/mol. The van der Waals surface area contributed by atoms with Crippen molar-refractivity contribution >= 4 is 41.6 Å². The Kier molecular flexibility index (Phi) is 7.58. The molecule has 0 radical (unpaired) electrons. The van der Waals surface area contributed by atoms with Crippen LogP contribution >= 0.6 is 35.6 Å². The van der Waals surface area contributed by atoms with E-state index < -0.39 is 11.8 Å². The van der Waals surface area contributed by atoms with Crippen LogP contribution in [0.5, 0.6) is 11.5 Å². The molecule has 31 heavy (non-hydrogen) atoms. The number of ether oxygens (including phenoxy) is 2. The van der Waals surface area contributed by atoms with Crippen LogP contribution in [0, 0.1) is 5.82 Å². The van der Waals surface area contributed by atoms with E-state index in [1.165, 1.54) is 0 Å². The van der Waals surface area contributed by atoms with E-state index in [9.17, 15) is 4.79 Å². The number of benzene rings is 2.